The van der Waals surface area contributed by atoms with Crippen LogP contribution in [0.2, 0.25) is 0 Å². The number of aliphatic hydroxyl groups is 5. The Bertz CT molecular complexity index is 342. The van der Waals surface area contributed by atoms with Crippen molar-refractivity contribution in [3.63, 3.8) is 0 Å². The zero-order valence-electron chi connectivity index (χ0n) is 15.4. The Labute approximate surface area is 151 Å². The molecule has 7 heteroatoms. The molecule has 0 bridgehead atoms. The molecule has 1 fully saturated rings. The van der Waals surface area contributed by atoms with Crippen LogP contribution in [-0.4, -0.2) is 69.0 Å². The molecule has 0 saturated carbocycles. The first-order chi connectivity index (χ1) is 11.9. The normalized spacial score (nSPS) is 29.0. The Morgan fingerprint density at radius 3 is 1.88 bits per heavy atom. The van der Waals surface area contributed by atoms with Crippen molar-refractivity contribution < 1.29 is 30.3 Å². The molecule has 0 amide bonds. The Kier molecular flexibility index (Phi) is 11.1. The van der Waals surface area contributed by atoms with E-state index in [1.165, 1.54) is 44.9 Å². The number of nitrogens with one attached hydrogen (secondary N) is 1. The van der Waals surface area contributed by atoms with E-state index in [-0.39, 0.29) is 0 Å². The van der Waals surface area contributed by atoms with Crippen LogP contribution in [-0.2, 0) is 4.74 Å². The van der Waals surface area contributed by atoms with E-state index in [0.29, 0.717) is 6.54 Å². The average Bonchev–Trinajstić information content (AvgIpc) is 2.58. The molecule has 6 N–H and O–H groups in total. The summed E-state index contributed by atoms with van der Waals surface area (Å²) in [5.41, 5.74) is 0. The predicted molar refractivity (Wildman–Crippen MR) is 94.8 cm³/mol. The highest BCUT2D eigenvalue weighted by molar-refractivity contribution is 4.95. The van der Waals surface area contributed by atoms with Crippen LogP contribution in [0.4, 0.5) is 0 Å². The molecule has 1 saturated heterocycles. The Hall–Kier alpha value is -0.280. The molecule has 0 aromatic rings. The molecule has 0 aliphatic carbocycles. The third kappa shape index (κ3) is 7.86. The van der Waals surface area contributed by atoms with E-state index >= 15 is 0 Å². The van der Waals surface area contributed by atoms with Gasteiger partial charge in [-0.15, -0.1) is 0 Å². The molecule has 0 aromatic heterocycles. The van der Waals surface area contributed by atoms with Crippen LogP contribution in [0.5, 0.6) is 0 Å². The third-order valence-corrected chi connectivity index (χ3v) is 4.88. The molecule has 1 aliphatic heterocycles. The molecule has 7 nitrogen and oxygen atoms in total. The second-order valence-corrected chi connectivity index (χ2v) is 7.09. The molecule has 0 unspecified atom stereocenters. The quantitative estimate of drug-likeness (QED) is 0.209. The van der Waals surface area contributed by atoms with Gasteiger partial charge in [0.15, 0.2) is 0 Å². The van der Waals surface area contributed by atoms with E-state index in [4.69, 9.17) is 9.84 Å². The van der Waals surface area contributed by atoms with Crippen molar-refractivity contribution in [2.45, 2.75) is 101 Å². The fraction of sp³-hybridized carbons (Fsp3) is 1.00. The lowest BCUT2D eigenvalue weighted by Crippen LogP contribution is -2.69. The van der Waals surface area contributed by atoms with E-state index in [2.05, 4.69) is 12.2 Å². The Morgan fingerprint density at radius 1 is 0.840 bits per heavy atom. The van der Waals surface area contributed by atoms with Crippen molar-refractivity contribution in [2.24, 2.45) is 0 Å². The van der Waals surface area contributed by atoms with Crippen LogP contribution in [0.15, 0.2) is 0 Å². The van der Waals surface area contributed by atoms with Gasteiger partial charge in [0, 0.05) is 0 Å². The van der Waals surface area contributed by atoms with Gasteiger partial charge in [0.05, 0.1) is 6.61 Å². The van der Waals surface area contributed by atoms with Crippen molar-refractivity contribution in [2.75, 3.05) is 13.2 Å². The second-order valence-electron chi connectivity index (χ2n) is 7.09. The minimum absolute atomic E-state index is 0.487. The van der Waals surface area contributed by atoms with Crippen molar-refractivity contribution in [3.8, 4) is 0 Å². The topological polar surface area (TPSA) is 122 Å². The maximum absolute atomic E-state index is 10.0. The number of hydrogen-bond donors (Lipinski definition) is 6. The lowest BCUT2D eigenvalue weighted by Gasteiger charge is -2.44. The van der Waals surface area contributed by atoms with E-state index in [1.54, 1.807) is 0 Å². The van der Waals surface area contributed by atoms with Gasteiger partial charge in [-0.25, -0.2) is 0 Å². The van der Waals surface area contributed by atoms with Crippen LogP contribution in [0.3, 0.4) is 0 Å². The van der Waals surface area contributed by atoms with E-state index in [9.17, 15) is 20.4 Å². The molecule has 0 radical (unpaired) electrons. The lowest BCUT2D eigenvalue weighted by atomic mass is 9.95. The zero-order valence-corrected chi connectivity index (χ0v) is 15.4. The zero-order chi connectivity index (χ0) is 18.7. The second kappa shape index (κ2) is 12.2. The number of aliphatic hydroxyl groups excluding tert-OH is 3. The highest BCUT2D eigenvalue weighted by Gasteiger charge is 2.52. The van der Waals surface area contributed by atoms with E-state index < -0.39 is 36.9 Å². The first kappa shape index (κ1) is 22.8. The number of rotatable bonds is 13. The summed E-state index contributed by atoms with van der Waals surface area (Å²) in [6.45, 7) is 2.10. The van der Waals surface area contributed by atoms with Crippen LogP contribution in [0, 0.1) is 0 Å². The molecule has 150 valence electrons. The molecule has 1 aliphatic rings. The first-order valence-electron chi connectivity index (χ1n) is 9.77. The molecular formula is C18H37NO6. The van der Waals surface area contributed by atoms with Gasteiger partial charge in [0.25, 0.3) is 5.97 Å². The smallest absolute Gasteiger partial charge is 0.297 e. The van der Waals surface area contributed by atoms with Gasteiger partial charge in [-0.05, 0) is 13.0 Å². The first-order valence-corrected chi connectivity index (χ1v) is 9.77. The van der Waals surface area contributed by atoms with Crippen molar-refractivity contribution in [1.82, 2.24) is 5.32 Å². The fourth-order valence-corrected chi connectivity index (χ4v) is 3.27. The summed E-state index contributed by atoms with van der Waals surface area (Å²) in [6.07, 6.45) is 8.00. The standard InChI is InChI=1S/C18H37NO6/c1-2-3-4-5-6-7-8-9-10-11-12-19-17-16(22)15(21)14(13-20)25-18(17,23)24/h14-17,19-24H,2-13H2,1H3/t14-,15-,16+,17-/m1/s1. The predicted octanol–water partition coefficient (Wildman–Crippen LogP) is 0.617. The number of hydrogen-bond acceptors (Lipinski definition) is 7. The molecule has 1 heterocycles. The molecule has 1 rings (SSSR count). The molecule has 0 spiro atoms. The Balaban J connectivity index is 2.12. The van der Waals surface area contributed by atoms with Gasteiger partial charge in [-0.2, -0.15) is 0 Å². The lowest BCUT2D eigenvalue weighted by molar-refractivity contribution is -0.411. The maximum atomic E-state index is 10.0. The fourth-order valence-electron chi connectivity index (χ4n) is 3.27. The molecule has 25 heavy (non-hydrogen) atoms. The van der Waals surface area contributed by atoms with Crippen molar-refractivity contribution >= 4 is 0 Å². The number of ether oxygens (including phenoxy) is 1. The largest absolute Gasteiger partial charge is 0.394 e. The highest BCUT2D eigenvalue weighted by Crippen LogP contribution is 2.26. The van der Waals surface area contributed by atoms with Gasteiger partial charge in [0.1, 0.15) is 24.4 Å². The van der Waals surface area contributed by atoms with Gasteiger partial charge < -0.3 is 35.6 Å². The highest BCUT2D eigenvalue weighted by atomic mass is 16.8. The summed E-state index contributed by atoms with van der Waals surface area (Å²) in [7, 11) is 0. The van der Waals surface area contributed by atoms with Crippen molar-refractivity contribution in [3.05, 3.63) is 0 Å². The summed E-state index contributed by atoms with van der Waals surface area (Å²) in [4.78, 5) is 0. The van der Waals surface area contributed by atoms with Crippen LogP contribution in [0.25, 0.3) is 0 Å². The average molecular weight is 363 g/mol. The van der Waals surface area contributed by atoms with Crippen LogP contribution in [0.1, 0.15) is 71.1 Å². The summed E-state index contributed by atoms with van der Waals surface area (Å²) in [5.74, 6) is -2.62. The van der Waals surface area contributed by atoms with Crippen LogP contribution >= 0.6 is 0 Å². The van der Waals surface area contributed by atoms with Gasteiger partial charge in [-0.3, -0.25) is 0 Å². The molecule has 4 atom stereocenters. The Morgan fingerprint density at radius 2 is 1.36 bits per heavy atom. The summed E-state index contributed by atoms with van der Waals surface area (Å²) >= 11 is 0. The van der Waals surface area contributed by atoms with E-state index in [1.807, 2.05) is 0 Å². The molecule has 0 aromatic carbocycles. The van der Waals surface area contributed by atoms with Gasteiger partial charge >= 0.3 is 0 Å². The van der Waals surface area contributed by atoms with Gasteiger partial charge in [0.2, 0.25) is 0 Å². The third-order valence-electron chi connectivity index (χ3n) is 4.88. The minimum Gasteiger partial charge on any atom is -0.394 e. The summed E-state index contributed by atoms with van der Waals surface area (Å²) in [6, 6.07) is -1.22. The summed E-state index contributed by atoms with van der Waals surface area (Å²) in [5, 5.41) is 51.5. The van der Waals surface area contributed by atoms with Crippen LogP contribution < -0.4 is 5.32 Å². The maximum Gasteiger partial charge on any atom is 0.297 e. The number of unbranched alkanes of at least 4 members (excludes halogenated alkanes) is 9. The molecular weight excluding hydrogens is 326 g/mol. The van der Waals surface area contributed by atoms with E-state index in [0.717, 1.165) is 19.3 Å². The van der Waals surface area contributed by atoms with Crippen molar-refractivity contribution in [1.29, 1.82) is 0 Å². The summed E-state index contributed by atoms with van der Waals surface area (Å²) < 4.78 is 4.86. The monoisotopic (exact) mass is 363 g/mol. The SMILES string of the molecule is CCCCCCCCCCCCN[C@@H]1[C@@H](O)[C@H](O)[C@@H](CO)OC1(O)O. The van der Waals surface area contributed by atoms with Gasteiger partial charge in [-0.1, -0.05) is 64.7 Å². The minimum atomic E-state index is -2.62.